The SMILES string of the molecule is O=c1c2ccc3oc4ccc(S(=O)(=O)O)cc4c4cc(S(=O)(=O)O)c(c(=O)n1CCO)c2c34. The molecule has 0 bridgehead atoms. The Morgan fingerprint density at radius 3 is 2.09 bits per heavy atom. The van der Waals surface area contributed by atoms with Crippen molar-refractivity contribution in [1.82, 2.24) is 4.57 Å². The van der Waals surface area contributed by atoms with E-state index in [0.29, 0.717) is 4.57 Å². The molecule has 0 radical (unpaired) electrons. The van der Waals surface area contributed by atoms with Crippen molar-refractivity contribution in [3.8, 4) is 0 Å². The molecule has 11 nitrogen and oxygen atoms in total. The van der Waals surface area contributed by atoms with Crippen molar-refractivity contribution in [2.24, 2.45) is 0 Å². The van der Waals surface area contributed by atoms with Gasteiger partial charge in [0.05, 0.1) is 23.4 Å². The van der Waals surface area contributed by atoms with E-state index >= 15 is 0 Å². The molecular formula is C20H13NO10S2. The summed E-state index contributed by atoms with van der Waals surface area (Å²) in [7, 11) is -9.62. The number of pyridine rings is 1. The summed E-state index contributed by atoms with van der Waals surface area (Å²) in [4.78, 5) is 24.8. The Balaban J connectivity index is 2.17. The lowest BCUT2D eigenvalue weighted by Gasteiger charge is -2.16. The first-order chi connectivity index (χ1) is 15.4. The van der Waals surface area contributed by atoms with Gasteiger partial charge in [-0.2, -0.15) is 16.8 Å². The van der Waals surface area contributed by atoms with Crippen LogP contribution in [0.5, 0.6) is 0 Å². The van der Waals surface area contributed by atoms with E-state index in [1.54, 1.807) is 0 Å². The third kappa shape index (κ3) is 3.05. The summed E-state index contributed by atoms with van der Waals surface area (Å²) in [6, 6.07) is 7.15. The van der Waals surface area contributed by atoms with Crippen molar-refractivity contribution in [2.45, 2.75) is 16.3 Å². The van der Waals surface area contributed by atoms with Crippen molar-refractivity contribution in [3.05, 3.63) is 57.1 Å². The van der Waals surface area contributed by atoms with E-state index in [1.165, 1.54) is 18.2 Å². The van der Waals surface area contributed by atoms with E-state index in [2.05, 4.69) is 0 Å². The van der Waals surface area contributed by atoms with Crippen molar-refractivity contribution in [3.63, 3.8) is 0 Å². The van der Waals surface area contributed by atoms with Gasteiger partial charge >= 0.3 is 0 Å². The predicted molar refractivity (Wildman–Crippen MR) is 117 cm³/mol. The summed E-state index contributed by atoms with van der Waals surface area (Å²) in [6.07, 6.45) is 0. The largest absolute Gasteiger partial charge is 0.456 e. The summed E-state index contributed by atoms with van der Waals surface area (Å²) in [5, 5.41) is 8.91. The van der Waals surface area contributed by atoms with Gasteiger partial charge in [-0.3, -0.25) is 23.3 Å². The number of nitrogens with zero attached hydrogens (tertiary/aromatic N) is 1. The van der Waals surface area contributed by atoms with Crippen LogP contribution >= 0.6 is 0 Å². The van der Waals surface area contributed by atoms with Gasteiger partial charge in [0.1, 0.15) is 16.1 Å². The van der Waals surface area contributed by atoms with Gasteiger partial charge in [0.15, 0.2) is 0 Å². The fraction of sp³-hybridized carbons (Fsp3) is 0.100. The summed E-state index contributed by atoms with van der Waals surface area (Å²) in [6.45, 7) is -0.966. The molecule has 0 aliphatic carbocycles. The number of rotatable bonds is 4. The van der Waals surface area contributed by atoms with Crippen LogP contribution in [0.4, 0.5) is 0 Å². The molecule has 0 unspecified atom stereocenters. The predicted octanol–water partition coefficient (Wildman–Crippen LogP) is 1.34. The van der Waals surface area contributed by atoms with E-state index in [9.17, 15) is 40.6 Å². The molecule has 0 aliphatic rings. The molecule has 0 fully saturated rings. The molecule has 33 heavy (non-hydrogen) atoms. The van der Waals surface area contributed by atoms with E-state index in [-0.39, 0.29) is 38.1 Å². The molecule has 0 amide bonds. The summed E-state index contributed by atoms with van der Waals surface area (Å²) in [5.74, 6) is 0. The Kier molecular flexibility index (Phi) is 4.44. The zero-order valence-electron chi connectivity index (χ0n) is 16.3. The van der Waals surface area contributed by atoms with Crippen LogP contribution in [0.25, 0.3) is 43.5 Å². The molecule has 0 saturated carbocycles. The minimum atomic E-state index is -5.00. The number of hydrogen-bond donors (Lipinski definition) is 3. The van der Waals surface area contributed by atoms with E-state index in [1.807, 2.05) is 0 Å². The van der Waals surface area contributed by atoms with Crippen molar-refractivity contribution < 1.29 is 35.5 Å². The molecule has 0 atom stereocenters. The molecule has 13 heteroatoms. The molecule has 0 saturated heterocycles. The quantitative estimate of drug-likeness (QED) is 0.188. The second-order valence-electron chi connectivity index (χ2n) is 7.35. The lowest BCUT2D eigenvalue weighted by Crippen LogP contribution is -2.35. The molecule has 5 rings (SSSR count). The molecule has 170 valence electrons. The molecule has 5 aromatic rings. The fourth-order valence-corrected chi connectivity index (χ4v) is 5.38. The highest BCUT2D eigenvalue weighted by Crippen LogP contribution is 2.40. The average molecular weight is 491 g/mol. The number of aliphatic hydroxyl groups is 1. The lowest BCUT2D eigenvalue weighted by molar-refractivity contribution is 0.273. The first kappa shape index (κ1) is 21.5. The van der Waals surface area contributed by atoms with E-state index < -0.39 is 59.7 Å². The van der Waals surface area contributed by atoms with Crippen LogP contribution in [-0.4, -0.2) is 42.2 Å². The summed E-state index contributed by atoms with van der Waals surface area (Å²) < 4.78 is 73.7. The third-order valence-corrected chi connectivity index (χ3v) is 7.23. The summed E-state index contributed by atoms with van der Waals surface area (Å²) >= 11 is 0. The molecular weight excluding hydrogens is 478 g/mol. The Morgan fingerprint density at radius 2 is 1.45 bits per heavy atom. The van der Waals surface area contributed by atoms with Crippen LogP contribution < -0.4 is 11.1 Å². The number of aromatic nitrogens is 1. The fourth-order valence-electron chi connectivity index (χ4n) is 4.16. The second kappa shape index (κ2) is 6.82. The monoisotopic (exact) mass is 491 g/mol. The highest BCUT2D eigenvalue weighted by atomic mass is 32.2. The van der Waals surface area contributed by atoms with Gasteiger partial charge in [-0.05, 0) is 41.8 Å². The number of aliphatic hydroxyl groups excluding tert-OH is 1. The number of hydrogen-bond acceptors (Lipinski definition) is 8. The Morgan fingerprint density at radius 1 is 0.758 bits per heavy atom. The van der Waals surface area contributed by atoms with Gasteiger partial charge in [0, 0.05) is 21.5 Å². The van der Waals surface area contributed by atoms with Gasteiger partial charge in [0.2, 0.25) is 0 Å². The van der Waals surface area contributed by atoms with Gasteiger partial charge in [-0.1, -0.05) is 0 Å². The minimum Gasteiger partial charge on any atom is -0.456 e. The molecule has 2 aromatic heterocycles. The van der Waals surface area contributed by atoms with Crippen molar-refractivity contribution in [2.75, 3.05) is 6.61 Å². The molecule has 0 aliphatic heterocycles. The van der Waals surface area contributed by atoms with Crippen molar-refractivity contribution >= 4 is 63.7 Å². The van der Waals surface area contributed by atoms with Crippen molar-refractivity contribution in [1.29, 1.82) is 0 Å². The smallest absolute Gasteiger partial charge is 0.295 e. The maximum atomic E-state index is 13.1. The van der Waals surface area contributed by atoms with Crippen LogP contribution in [0.3, 0.4) is 0 Å². The minimum absolute atomic E-state index is 0.0592. The van der Waals surface area contributed by atoms with Gasteiger partial charge in [-0.25, -0.2) is 0 Å². The zero-order chi connectivity index (χ0) is 23.9. The van der Waals surface area contributed by atoms with E-state index in [0.717, 1.165) is 18.2 Å². The van der Waals surface area contributed by atoms with Crippen LogP contribution in [0, 0.1) is 0 Å². The Hall–Kier alpha value is -3.36. The van der Waals surface area contributed by atoms with Gasteiger partial charge in [0.25, 0.3) is 31.4 Å². The first-order valence-corrected chi connectivity index (χ1v) is 12.2. The highest BCUT2D eigenvalue weighted by molar-refractivity contribution is 7.86. The normalized spacial score (nSPS) is 13.1. The van der Waals surface area contributed by atoms with Crippen LogP contribution in [0.15, 0.2) is 60.2 Å². The van der Waals surface area contributed by atoms with E-state index in [4.69, 9.17) is 4.42 Å². The maximum absolute atomic E-state index is 13.1. The Bertz CT molecular complexity index is 1970. The van der Waals surface area contributed by atoms with Crippen LogP contribution in [0.1, 0.15) is 0 Å². The lowest BCUT2D eigenvalue weighted by atomic mass is 9.96. The number of benzene rings is 3. The molecule has 0 spiro atoms. The van der Waals surface area contributed by atoms with Gasteiger partial charge < -0.3 is 9.52 Å². The Labute approximate surface area is 183 Å². The zero-order valence-corrected chi connectivity index (χ0v) is 18.0. The number of fused-ring (bicyclic) bond motifs is 2. The van der Waals surface area contributed by atoms with Crippen LogP contribution in [0.2, 0.25) is 0 Å². The molecule has 3 N–H and O–H groups in total. The van der Waals surface area contributed by atoms with Gasteiger partial charge in [-0.15, -0.1) is 0 Å². The van der Waals surface area contributed by atoms with Crippen LogP contribution in [-0.2, 0) is 26.8 Å². The maximum Gasteiger partial charge on any atom is 0.295 e. The average Bonchev–Trinajstić information content (AvgIpc) is 2.74. The topological polar surface area (TPSA) is 181 Å². The summed E-state index contributed by atoms with van der Waals surface area (Å²) in [5.41, 5.74) is -1.54. The molecule has 2 heterocycles. The highest BCUT2D eigenvalue weighted by Gasteiger charge is 2.26. The second-order valence-corrected chi connectivity index (χ2v) is 10.2. The standard InChI is InChI=1S/C20H13NO10S2/c22-6-5-21-19(23)10-2-4-14-16-12(8-15(33(28,29)30)18(17(10)16)20(21)24)11-7-9(32(25,26)27)1-3-13(11)31-14/h1-4,7-8,22H,5-6H2,(H,25,26,27)(H,28,29,30). The first-order valence-electron chi connectivity index (χ1n) is 9.31. The third-order valence-electron chi connectivity index (χ3n) is 5.50. The molecule has 3 aromatic carbocycles.